The number of nitriles is 1. The van der Waals surface area contributed by atoms with Gasteiger partial charge in [-0.05, 0) is 18.6 Å². The number of nitrogens with one attached hydrogen (secondary N) is 1. The van der Waals surface area contributed by atoms with Gasteiger partial charge in [0.1, 0.15) is 18.4 Å². The van der Waals surface area contributed by atoms with Gasteiger partial charge >= 0.3 is 5.97 Å². The standard InChI is InChI=1S/C15H18N2O3/c1-17-8-4-6-13(10-17)20-15(18)11-19-14-7-3-2-5-12(14)9-16/h2-3,5,7,13H,4,6,8,10-11H2,1H3/p+1/t13-/m0/s1. The predicted octanol–water partition coefficient (Wildman–Crippen LogP) is 0.157. The molecule has 1 unspecified atom stereocenters. The molecular weight excluding hydrogens is 256 g/mol. The summed E-state index contributed by atoms with van der Waals surface area (Å²) in [6, 6.07) is 8.87. The third-order valence-corrected chi connectivity index (χ3v) is 3.36. The molecule has 1 aromatic carbocycles. The number of quaternary nitrogens is 1. The third kappa shape index (κ3) is 3.97. The number of esters is 1. The maximum atomic E-state index is 11.8. The summed E-state index contributed by atoms with van der Waals surface area (Å²) in [5.41, 5.74) is 0.419. The van der Waals surface area contributed by atoms with E-state index < -0.39 is 0 Å². The van der Waals surface area contributed by atoms with Crippen LogP contribution in [0, 0.1) is 11.3 Å². The molecule has 1 aromatic rings. The van der Waals surface area contributed by atoms with Crippen LogP contribution in [0.1, 0.15) is 18.4 Å². The summed E-state index contributed by atoms with van der Waals surface area (Å²) >= 11 is 0. The van der Waals surface area contributed by atoms with Crippen molar-refractivity contribution < 1.29 is 19.2 Å². The zero-order valence-corrected chi connectivity index (χ0v) is 11.6. The normalized spacial score (nSPS) is 21.8. The second-order valence-electron chi connectivity index (χ2n) is 5.06. The fourth-order valence-corrected chi connectivity index (χ4v) is 2.37. The number of piperidine rings is 1. The van der Waals surface area contributed by atoms with Gasteiger partial charge in [-0.15, -0.1) is 0 Å². The van der Waals surface area contributed by atoms with Crippen molar-refractivity contribution >= 4 is 5.97 Å². The smallest absolute Gasteiger partial charge is 0.344 e. The lowest BCUT2D eigenvalue weighted by atomic mass is 10.1. The van der Waals surface area contributed by atoms with Crippen LogP contribution in [0.3, 0.4) is 0 Å². The Morgan fingerprint density at radius 2 is 2.30 bits per heavy atom. The van der Waals surface area contributed by atoms with Crippen molar-refractivity contribution in [2.24, 2.45) is 0 Å². The molecule has 1 fully saturated rings. The highest BCUT2D eigenvalue weighted by molar-refractivity contribution is 5.71. The van der Waals surface area contributed by atoms with Crippen molar-refractivity contribution in [3.63, 3.8) is 0 Å². The average Bonchev–Trinajstić information content (AvgIpc) is 2.45. The average molecular weight is 275 g/mol. The van der Waals surface area contributed by atoms with E-state index in [-0.39, 0.29) is 18.7 Å². The number of ether oxygens (including phenoxy) is 2. The Balaban J connectivity index is 1.82. The largest absolute Gasteiger partial charge is 0.481 e. The first-order valence-electron chi connectivity index (χ1n) is 6.81. The fraction of sp³-hybridized carbons (Fsp3) is 0.467. The van der Waals surface area contributed by atoms with Crippen molar-refractivity contribution in [3.05, 3.63) is 29.8 Å². The summed E-state index contributed by atoms with van der Waals surface area (Å²) in [5.74, 6) is 0.0378. The molecule has 1 aliphatic heterocycles. The Kier molecular flexibility index (Phi) is 4.97. The van der Waals surface area contributed by atoms with Crippen molar-refractivity contribution in [1.82, 2.24) is 0 Å². The monoisotopic (exact) mass is 275 g/mol. The number of likely N-dealkylation sites (tertiary alicyclic amines) is 1. The number of hydrogen-bond acceptors (Lipinski definition) is 4. The van der Waals surface area contributed by atoms with Crippen molar-refractivity contribution in [3.8, 4) is 11.8 Å². The Labute approximate surface area is 118 Å². The highest BCUT2D eigenvalue weighted by Crippen LogP contribution is 2.16. The molecular formula is C15H19N2O3+. The maximum Gasteiger partial charge on any atom is 0.344 e. The first kappa shape index (κ1) is 14.4. The fourth-order valence-electron chi connectivity index (χ4n) is 2.37. The van der Waals surface area contributed by atoms with E-state index in [1.165, 1.54) is 4.90 Å². The number of carbonyl (C=O) groups is 1. The Morgan fingerprint density at radius 3 is 3.05 bits per heavy atom. The van der Waals surface area contributed by atoms with Gasteiger partial charge in [0, 0.05) is 6.42 Å². The van der Waals surface area contributed by atoms with E-state index in [0.717, 1.165) is 25.9 Å². The van der Waals surface area contributed by atoms with E-state index in [0.29, 0.717) is 11.3 Å². The Hall–Kier alpha value is -2.06. The lowest BCUT2D eigenvalue weighted by Gasteiger charge is -2.26. The number of benzene rings is 1. The minimum atomic E-state index is -0.377. The van der Waals surface area contributed by atoms with Crippen LogP contribution >= 0.6 is 0 Å². The second kappa shape index (κ2) is 6.92. The zero-order valence-electron chi connectivity index (χ0n) is 11.6. The molecule has 1 N–H and O–H groups in total. The summed E-state index contributed by atoms with van der Waals surface area (Å²) in [6.45, 7) is 1.81. The van der Waals surface area contributed by atoms with Gasteiger partial charge in [-0.3, -0.25) is 0 Å². The number of nitrogens with zero attached hydrogens (tertiary/aromatic N) is 1. The van der Waals surface area contributed by atoms with Crippen molar-refractivity contribution in [2.75, 3.05) is 26.7 Å². The molecule has 106 valence electrons. The number of likely N-dealkylation sites (N-methyl/N-ethyl adjacent to an activating group) is 1. The summed E-state index contributed by atoms with van der Waals surface area (Å²) in [6.07, 6.45) is 1.96. The minimum absolute atomic E-state index is 0.0222. The third-order valence-electron chi connectivity index (χ3n) is 3.36. The van der Waals surface area contributed by atoms with Gasteiger partial charge < -0.3 is 14.4 Å². The highest BCUT2D eigenvalue weighted by Gasteiger charge is 2.23. The topological polar surface area (TPSA) is 63.8 Å². The molecule has 1 saturated heterocycles. The molecule has 20 heavy (non-hydrogen) atoms. The Bertz CT molecular complexity index is 510. The molecule has 0 saturated carbocycles. The molecule has 0 aromatic heterocycles. The second-order valence-corrected chi connectivity index (χ2v) is 5.06. The van der Waals surface area contributed by atoms with Gasteiger partial charge in [-0.1, -0.05) is 12.1 Å². The quantitative estimate of drug-likeness (QED) is 0.795. The summed E-state index contributed by atoms with van der Waals surface area (Å²) in [4.78, 5) is 13.1. The minimum Gasteiger partial charge on any atom is -0.481 e. The van der Waals surface area contributed by atoms with Crippen molar-refractivity contribution in [2.45, 2.75) is 18.9 Å². The number of para-hydroxylation sites is 1. The van der Waals surface area contributed by atoms with Gasteiger partial charge in [0.25, 0.3) is 0 Å². The lowest BCUT2D eigenvalue weighted by Crippen LogP contribution is -3.11. The van der Waals surface area contributed by atoms with E-state index >= 15 is 0 Å². The van der Waals surface area contributed by atoms with E-state index in [1.807, 2.05) is 6.07 Å². The van der Waals surface area contributed by atoms with Crippen molar-refractivity contribution in [1.29, 1.82) is 5.26 Å². The summed E-state index contributed by atoms with van der Waals surface area (Å²) in [7, 11) is 2.10. The molecule has 2 atom stereocenters. The van der Waals surface area contributed by atoms with Gasteiger partial charge in [0.05, 0.1) is 19.2 Å². The number of carbonyl (C=O) groups excluding carboxylic acids is 1. The van der Waals surface area contributed by atoms with Gasteiger partial charge in [-0.2, -0.15) is 5.26 Å². The molecule has 0 spiro atoms. The number of hydrogen-bond donors (Lipinski definition) is 1. The van der Waals surface area contributed by atoms with E-state index in [4.69, 9.17) is 14.7 Å². The van der Waals surface area contributed by atoms with E-state index in [1.54, 1.807) is 24.3 Å². The molecule has 1 aliphatic rings. The molecule has 0 aliphatic carbocycles. The molecule has 5 nitrogen and oxygen atoms in total. The molecule has 5 heteroatoms. The molecule has 0 amide bonds. The van der Waals surface area contributed by atoms with Gasteiger partial charge in [-0.25, -0.2) is 4.79 Å². The Morgan fingerprint density at radius 1 is 1.50 bits per heavy atom. The summed E-state index contributed by atoms with van der Waals surface area (Å²) < 4.78 is 10.7. The van der Waals surface area contributed by atoms with Crippen LogP contribution in [0.15, 0.2) is 24.3 Å². The molecule has 2 rings (SSSR count). The first-order valence-corrected chi connectivity index (χ1v) is 6.81. The van der Waals surface area contributed by atoms with Gasteiger partial charge in [0.15, 0.2) is 12.7 Å². The molecule has 1 heterocycles. The van der Waals surface area contributed by atoms with Crippen LogP contribution in [-0.4, -0.2) is 38.8 Å². The summed E-state index contributed by atoms with van der Waals surface area (Å²) in [5, 5.41) is 8.92. The van der Waals surface area contributed by atoms with Crippen LogP contribution < -0.4 is 9.64 Å². The lowest BCUT2D eigenvalue weighted by molar-refractivity contribution is -0.888. The van der Waals surface area contributed by atoms with Crippen LogP contribution in [0.25, 0.3) is 0 Å². The zero-order chi connectivity index (χ0) is 14.4. The maximum absolute atomic E-state index is 11.8. The molecule has 0 bridgehead atoms. The molecule has 0 radical (unpaired) electrons. The van der Waals surface area contributed by atoms with E-state index in [9.17, 15) is 4.79 Å². The van der Waals surface area contributed by atoms with Crippen LogP contribution in [0.4, 0.5) is 0 Å². The van der Waals surface area contributed by atoms with Crippen LogP contribution in [0.2, 0.25) is 0 Å². The highest BCUT2D eigenvalue weighted by atomic mass is 16.6. The SMILES string of the molecule is C[NH+]1CCC[C@H](OC(=O)COc2ccccc2C#N)C1. The first-order chi connectivity index (χ1) is 9.69. The predicted molar refractivity (Wildman–Crippen MR) is 72.4 cm³/mol. The number of rotatable bonds is 4. The van der Waals surface area contributed by atoms with Crippen LogP contribution in [-0.2, 0) is 9.53 Å². The van der Waals surface area contributed by atoms with E-state index in [2.05, 4.69) is 7.05 Å². The van der Waals surface area contributed by atoms with Gasteiger partial charge in [0.2, 0.25) is 0 Å². The van der Waals surface area contributed by atoms with Crippen LogP contribution in [0.5, 0.6) is 5.75 Å².